The minimum atomic E-state index is -0.220. The van der Waals surface area contributed by atoms with Crippen LogP contribution in [0.1, 0.15) is 28.8 Å². The fraction of sp³-hybridized carbons (Fsp3) is 0.188. The van der Waals surface area contributed by atoms with Gasteiger partial charge in [-0.05, 0) is 19.1 Å². The van der Waals surface area contributed by atoms with E-state index < -0.39 is 0 Å². The van der Waals surface area contributed by atoms with Gasteiger partial charge in [0.1, 0.15) is 5.82 Å². The number of rotatable bonds is 5. The number of ketones is 1. The van der Waals surface area contributed by atoms with Crippen LogP contribution in [0.4, 0.5) is 11.5 Å². The number of anilines is 2. The molecule has 0 saturated heterocycles. The zero-order valence-electron chi connectivity index (χ0n) is 11.8. The summed E-state index contributed by atoms with van der Waals surface area (Å²) in [5, 5.41) is 2.68. The van der Waals surface area contributed by atoms with Crippen LogP contribution in [0, 0.1) is 6.92 Å². The number of hydrogen-bond donors (Lipinski definition) is 2. The van der Waals surface area contributed by atoms with Gasteiger partial charge in [-0.3, -0.25) is 9.59 Å². The van der Waals surface area contributed by atoms with Crippen LogP contribution in [-0.2, 0) is 4.79 Å². The summed E-state index contributed by atoms with van der Waals surface area (Å²) in [6, 6.07) is 10.6. The molecule has 0 fully saturated rings. The highest BCUT2D eigenvalue weighted by Gasteiger charge is 2.09. The first-order chi connectivity index (χ1) is 10.0. The van der Waals surface area contributed by atoms with Gasteiger partial charge in [0.25, 0.3) is 0 Å². The number of benzene rings is 1. The molecule has 1 amide bonds. The second kappa shape index (κ2) is 6.65. The second-order valence-electron chi connectivity index (χ2n) is 4.81. The first-order valence-corrected chi connectivity index (χ1v) is 6.66. The monoisotopic (exact) mass is 283 g/mol. The number of carbonyl (C=O) groups is 2. The van der Waals surface area contributed by atoms with Crippen LogP contribution < -0.4 is 11.1 Å². The number of carbonyl (C=O) groups excluding carboxylic acids is 2. The lowest BCUT2D eigenvalue weighted by atomic mass is 10.1. The molecule has 0 spiro atoms. The molecule has 5 nitrogen and oxygen atoms in total. The SMILES string of the molecule is Cc1ccc(C(=O)CCC(=O)Nc2ccc(N)nc2)cc1. The number of Topliss-reactive ketones (excluding diaryl/α,β-unsaturated/α-hetero) is 1. The first-order valence-electron chi connectivity index (χ1n) is 6.66. The number of aromatic nitrogens is 1. The van der Waals surface area contributed by atoms with E-state index in [0.29, 0.717) is 17.1 Å². The quantitative estimate of drug-likeness (QED) is 0.826. The van der Waals surface area contributed by atoms with Crippen molar-refractivity contribution in [2.75, 3.05) is 11.1 Å². The number of nitrogens with one attached hydrogen (secondary N) is 1. The van der Waals surface area contributed by atoms with E-state index in [1.165, 1.54) is 6.20 Å². The van der Waals surface area contributed by atoms with E-state index >= 15 is 0 Å². The van der Waals surface area contributed by atoms with E-state index in [9.17, 15) is 9.59 Å². The lowest BCUT2D eigenvalue weighted by Crippen LogP contribution is -2.13. The molecule has 1 aromatic carbocycles. The average molecular weight is 283 g/mol. The van der Waals surface area contributed by atoms with E-state index in [2.05, 4.69) is 10.3 Å². The topological polar surface area (TPSA) is 85.1 Å². The van der Waals surface area contributed by atoms with Gasteiger partial charge in [0.2, 0.25) is 5.91 Å². The summed E-state index contributed by atoms with van der Waals surface area (Å²) >= 11 is 0. The summed E-state index contributed by atoms with van der Waals surface area (Å²) in [6.45, 7) is 1.96. The third kappa shape index (κ3) is 4.42. The fourth-order valence-electron chi connectivity index (χ4n) is 1.81. The van der Waals surface area contributed by atoms with Gasteiger partial charge >= 0.3 is 0 Å². The molecule has 2 rings (SSSR count). The predicted molar refractivity (Wildman–Crippen MR) is 82.0 cm³/mol. The summed E-state index contributed by atoms with van der Waals surface area (Å²) in [6.07, 6.45) is 1.80. The summed E-state index contributed by atoms with van der Waals surface area (Å²) in [4.78, 5) is 27.6. The molecule has 108 valence electrons. The van der Waals surface area contributed by atoms with Gasteiger partial charge in [0.05, 0.1) is 11.9 Å². The van der Waals surface area contributed by atoms with Crippen LogP contribution in [0.3, 0.4) is 0 Å². The van der Waals surface area contributed by atoms with Crippen molar-refractivity contribution in [2.45, 2.75) is 19.8 Å². The van der Waals surface area contributed by atoms with E-state index in [0.717, 1.165) is 5.56 Å². The van der Waals surface area contributed by atoms with Gasteiger partial charge < -0.3 is 11.1 Å². The second-order valence-corrected chi connectivity index (χ2v) is 4.81. The van der Waals surface area contributed by atoms with Crippen LogP contribution in [0.5, 0.6) is 0 Å². The Morgan fingerprint density at radius 2 is 1.81 bits per heavy atom. The third-order valence-electron chi connectivity index (χ3n) is 3.02. The summed E-state index contributed by atoms with van der Waals surface area (Å²) in [5.74, 6) is 0.130. The highest BCUT2D eigenvalue weighted by Crippen LogP contribution is 2.10. The highest BCUT2D eigenvalue weighted by molar-refractivity contribution is 5.99. The van der Waals surface area contributed by atoms with Crippen molar-refractivity contribution in [2.24, 2.45) is 0 Å². The molecule has 3 N–H and O–H groups in total. The molecule has 5 heteroatoms. The van der Waals surface area contributed by atoms with Gasteiger partial charge in [-0.15, -0.1) is 0 Å². The van der Waals surface area contributed by atoms with Crippen molar-refractivity contribution in [1.29, 1.82) is 0 Å². The molecule has 0 atom stereocenters. The maximum Gasteiger partial charge on any atom is 0.224 e. The van der Waals surface area contributed by atoms with Gasteiger partial charge in [-0.1, -0.05) is 29.8 Å². The van der Waals surface area contributed by atoms with Crippen molar-refractivity contribution in [3.05, 3.63) is 53.7 Å². The number of hydrogen-bond acceptors (Lipinski definition) is 4. The number of amides is 1. The number of nitrogens with zero attached hydrogens (tertiary/aromatic N) is 1. The number of nitrogen functional groups attached to an aromatic ring is 1. The molecule has 0 bridgehead atoms. The minimum absolute atomic E-state index is 0.0411. The minimum Gasteiger partial charge on any atom is -0.384 e. The maximum atomic E-state index is 11.9. The van der Waals surface area contributed by atoms with Crippen molar-refractivity contribution in [1.82, 2.24) is 4.98 Å². The maximum absolute atomic E-state index is 11.9. The van der Waals surface area contributed by atoms with Crippen molar-refractivity contribution in [3.63, 3.8) is 0 Å². The Kier molecular flexibility index (Phi) is 4.66. The molecule has 0 aliphatic rings. The largest absolute Gasteiger partial charge is 0.384 e. The zero-order chi connectivity index (χ0) is 15.2. The molecule has 1 heterocycles. The van der Waals surface area contributed by atoms with Crippen LogP contribution in [0.15, 0.2) is 42.6 Å². The van der Waals surface area contributed by atoms with Gasteiger partial charge in [0, 0.05) is 18.4 Å². The Balaban J connectivity index is 1.84. The third-order valence-corrected chi connectivity index (χ3v) is 3.02. The number of aryl methyl sites for hydroxylation is 1. The molecule has 1 aromatic heterocycles. The molecule has 2 aromatic rings. The Hall–Kier alpha value is -2.69. The standard InChI is InChI=1S/C16H17N3O2/c1-11-2-4-12(5-3-11)14(20)7-9-16(21)19-13-6-8-15(17)18-10-13/h2-6,8,10H,7,9H2,1H3,(H2,17,18)(H,19,21). The zero-order valence-corrected chi connectivity index (χ0v) is 11.8. The molecule has 0 aliphatic heterocycles. The molecular formula is C16H17N3O2. The summed E-state index contributed by atoms with van der Waals surface area (Å²) < 4.78 is 0. The Bertz CT molecular complexity index is 634. The van der Waals surface area contributed by atoms with Crippen LogP contribution in [0.2, 0.25) is 0 Å². The van der Waals surface area contributed by atoms with Crippen molar-refractivity contribution >= 4 is 23.2 Å². The fourth-order valence-corrected chi connectivity index (χ4v) is 1.81. The summed E-state index contributed by atoms with van der Waals surface area (Å²) in [7, 11) is 0. The number of nitrogens with two attached hydrogens (primary N) is 1. The lowest BCUT2D eigenvalue weighted by Gasteiger charge is -2.05. The van der Waals surface area contributed by atoms with Crippen LogP contribution in [-0.4, -0.2) is 16.7 Å². The Labute approximate surface area is 123 Å². The van der Waals surface area contributed by atoms with Gasteiger partial charge in [-0.25, -0.2) is 4.98 Å². The Morgan fingerprint density at radius 1 is 1.10 bits per heavy atom. The average Bonchev–Trinajstić information content (AvgIpc) is 2.48. The summed E-state index contributed by atoms with van der Waals surface area (Å²) in [5.41, 5.74) is 7.75. The van der Waals surface area contributed by atoms with Gasteiger partial charge in [0.15, 0.2) is 5.78 Å². The molecule has 21 heavy (non-hydrogen) atoms. The van der Waals surface area contributed by atoms with E-state index in [-0.39, 0.29) is 24.5 Å². The molecule has 0 aliphatic carbocycles. The Morgan fingerprint density at radius 3 is 2.43 bits per heavy atom. The molecule has 0 saturated carbocycles. The van der Waals surface area contributed by atoms with Crippen LogP contribution >= 0.6 is 0 Å². The molecule has 0 unspecified atom stereocenters. The van der Waals surface area contributed by atoms with E-state index in [4.69, 9.17) is 5.73 Å². The predicted octanol–water partition coefficient (Wildman–Crippen LogP) is 2.57. The number of pyridine rings is 1. The van der Waals surface area contributed by atoms with E-state index in [1.807, 2.05) is 19.1 Å². The van der Waals surface area contributed by atoms with Crippen LogP contribution in [0.25, 0.3) is 0 Å². The first kappa shape index (κ1) is 14.7. The normalized spacial score (nSPS) is 10.1. The lowest BCUT2D eigenvalue weighted by molar-refractivity contribution is -0.116. The van der Waals surface area contributed by atoms with Crippen molar-refractivity contribution < 1.29 is 9.59 Å². The van der Waals surface area contributed by atoms with E-state index in [1.54, 1.807) is 24.3 Å². The molecule has 0 radical (unpaired) electrons. The van der Waals surface area contributed by atoms with Gasteiger partial charge in [-0.2, -0.15) is 0 Å². The highest BCUT2D eigenvalue weighted by atomic mass is 16.2. The smallest absolute Gasteiger partial charge is 0.224 e. The van der Waals surface area contributed by atoms with Crippen molar-refractivity contribution in [3.8, 4) is 0 Å². The molecular weight excluding hydrogens is 266 g/mol.